The summed E-state index contributed by atoms with van der Waals surface area (Å²) in [6, 6.07) is 5.96. The van der Waals surface area contributed by atoms with Gasteiger partial charge >= 0.3 is 0 Å². The van der Waals surface area contributed by atoms with Gasteiger partial charge in [0.05, 0.1) is 24.0 Å². The predicted octanol–water partition coefficient (Wildman–Crippen LogP) is 3.79. The van der Waals surface area contributed by atoms with Crippen molar-refractivity contribution in [1.29, 1.82) is 0 Å². The maximum Gasteiger partial charge on any atom is 0.227 e. The topological polar surface area (TPSA) is 97.0 Å². The van der Waals surface area contributed by atoms with Crippen LogP contribution in [0.1, 0.15) is 52.9 Å². The molecule has 162 valence electrons. The monoisotopic (exact) mass is 420 g/mol. The molecule has 1 fully saturated rings. The molecule has 4 rings (SSSR count). The molecule has 1 aliphatic rings. The van der Waals surface area contributed by atoms with Crippen LogP contribution in [0.2, 0.25) is 0 Å². The highest BCUT2D eigenvalue weighted by Gasteiger charge is 2.26. The number of likely N-dealkylation sites (tertiary alicyclic amines) is 1. The Labute approximate surface area is 182 Å². The van der Waals surface area contributed by atoms with Gasteiger partial charge in [0.1, 0.15) is 5.76 Å². The number of nitrogens with zero attached hydrogens (tertiary/aromatic N) is 5. The van der Waals surface area contributed by atoms with Gasteiger partial charge in [0.2, 0.25) is 11.9 Å². The molecule has 8 heteroatoms. The van der Waals surface area contributed by atoms with Crippen molar-refractivity contribution in [1.82, 2.24) is 25.0 Å². The van der Waals surface area contributed by atoms with E-state index >= 15 is 0 Å². The molecule has 0 saturated carbocycles. The average molecular weight is 421 g/mol. The molecule has 0 aromatic carbocycles. The number of amides is 1. The van der Waals surface area contributed by atoms with E-state index in [2.05, 4.69) is 25.4 Å². The quantitative estimate of drug-likeness (QED) is 0.671. The molecule has 3 aromatic rings. The maximum absolute atomic E-state index is 12.9. The highest BCUT2D eigenvalue weighted by molar-refractivity contribution is 5.79. The minimum atomic E-state index is 0.115. The van der Waals surface area contributed by atoms with Gasteiger partial charge in [-0.15, -0.1) is 0 Å². The number of nitrogens with one attached hydrogen (secondary N) is 1. The van der Waals surface area contributed by atoms with E-state index < -0.39 is 0 Å². The highest BCUT2D eigenvalue weighted by atomic mass is 16.5. The van der Waals surface area contributed by atoms with Gasteiger partial charge in [0.25, 0.3) is 0 Å². The van der Waals surface area contributed by atoms with Crippen molar-refractivity contribution in [2.45, 2.75) is 52.9 Å². The van der Waals surface area contributed by atoms with Gasteiger partial charge in [-0.05, 0) is 58.7 Å². The summed E-state index contributed by atoms with van der Waals surface area (Å²) < 4.78 is 5.20. The van der Waals surface area contributed by atoms with Crippen LogP contribution in [-0.2, 0) is 11.2 Å². The minimum Gasteiger partial charge on any atom is -0.361 e. The predicted molar refractivity (Wildman–Crippen MR) is 117 cm³/mol. The third kappa shape index (κ3) is 4.90. The Balaban J connectivity index is 1.40. The van der Waals surface area contributed by atoms with Gasteiger partial charge in [0.15, 0.2) is 0 Å². The van der Waals surface area contributed by atoms with E-state index in [9.17, 15) is 4.79 Å². The summed E-state index contributed by atoms with van der Waals surface area (Å²) in [6.07, 6.45) is 4.13. The SMILES string of the molecule is Cc1cc(C)nc(Nc2ccc([C@H]3CCCN(C(=O)Cc4c(C)noc4C)C3)nc2)n1. The fourth-order valence-electron chi connectivity index (χ4n) is 4.09. The number of aromatic nitrogens is 4. The summed E-state index contributed by atoms with van der Waals surface area (Å²) in [4.78, 5) is 28.3. The van der Waals surface area contributed by atoms with Crippen molar-refractivity contribution in [3.05, 3.63) is 58.5 Å². The molecule has 1 saturated heterocycles. The summed E-state index contributed by atoms with van der Waals surface area (Å²) >= 11 is 0. The summed E-state index contributed by atoms with van der Waals surface area (Å²) in [7, 11) is 0. The Hall–Kier alpha value is -3.29. The number of carbonyl (C=O) groups is 1. The fraction of sp³-hybridized carbons (Fsp3) is 0.435. The van der Waals surface area contributed by atoms with Crippen LogP contribution in [0.15, 0.2) is 28.9 Å². The van der Waals surface area contributed by atoms with Gasteiger partial charge < -0.3 is 14.7 Å². The Bertz CT molecular complexity index is 1040. The second-order valence-corrected chi connectivity index (χ2v) is 8.23. The minimum absolute atomic E-state index is 0.115. The zero-order chi connectivity index (χ0) is 22.0. The lowest BCUT2D eigenvalue weighted by Gasteiger charge is -2.32. The first kappa shape index (κ1) is 21.0. The van der Waals surface area contributed by atoms with Crippen LogP contribution in [0.4, 0.5) is 11.6 Å². The van der Waals surface area contributed by atoms with Crippen LogP contribution >= 0.6 is 0 Å². The summed E-state index contributed by atoms with van der Waals surface area (Å²) in [5.74, 6) is 1.64. The van der Waals surface area contributed by atoms with Crippen LogP contribution in [0.25, 0.3) is 0 Å². The smallest absolute Gasteiger partial charge is 0.227 e. The Kier molecular flexibility index (Phi) is 5.97. The molecule has 0 spiro atoms. The molecule has 1 N–H and O–H groups in total. The van der Waals surface area contributed by atoms with Crippen molar-refractivity contribution >= 4 is 17.5 Å². The Morgan fingerprint density at radius 1 is 1.19 bits per heavy atom. The van der Waals surface area contributed by atoms with Crippen molar-refractivity contribution in [2.75, 3.05) is 18.4 Å². The molecular weight excluding hydrogens is 392 g/mol. The van der Waals surface area contributed by atoms with Gasteiger partial charge in [-0.1, -0.05) is 5.16 Å². The van der Waals surface area contributed by atoms with Gasteiger partial charge in [0, 0.05) is 41.7 Å². The van der Waals surface area contributed by atoms with Crippen molar-refractivity contribution < 1.29 is 9.32 Å². The molecule has 0 radical (unpaired) electrons. The number of piperidine rings is 1. The lowest BCUT2D eigenvalue weighted by molar-refractivity contribution is -0.131. The largest absolute Gasteiger partial charge is 0.361 e. The lowest BCUT2D eigenvalue weighted by atomic mass is 9.93. The Morgan fingerprint density at radius 2 is 1.97 bits per heavy atom. The number of anilines is 2. The molecule has 3 aromatic heterocycles. The second kappa shape index (κ2) is 8.83. The zero-order valence-corrected chi connectivity index (χ0v) is 18.5. The van der Waals surface area contributed by atoms with Crippen molar-refractivity contribution in [3.8, 4) is 0 Å². The van der Waals surface area contributed by atoms with E-state index in [0.29, 0.717) is 18.9 Å². The summed E-state index contributed by atoms with van der Waals surface area (Å²) in [6.45, 7) is 9.08. The molecule has 1 aliphatic heterocycles. The zero-order valence-electron chi connectivity index (χ0n) is 18.5. The second-order valence-electron chi connectivity index (χ2n) is 8.23. The number of hydrogen-bond acceptors (Lipinski definition) is 7. The first-order chi connectivity index (χ1) is 14.9. The Morgan fingerprint density at radius 3 is 2.61 bits per heavy atom. The van der Waals surface area contributed by atoms with Crippen molar-refractivity contribution in [3.63, 3.8) is 0 Å². The number of rotatable bonds is 5. The molecule has 0 bridgehead atoms. The molecule has 4 heterocycles. The number of carbonyl (C=O) groups excluding carboxylic acids is 1. The molecule has 1 atom stereocenters. The van der Waals surface area contributed by atoms with E-state index in [0.717, 1.165) is 59.2 Å². The number of pyridine rings is 1. The average Bonchev–Trinajstić information content (AvgIpc) is 3.05. The van der Waals surface area contributed by atoms with Gasteiger partial charge in [-0.3, -0.25) is 9.78 Å². The van der Waals surface area contributed by atoms with Gasteiger partial charge in [-0.25, -0.2) is 9.97 Å². The molecular formula is C23H28N6O2. The van der Waals surface area contributed by atoms with E-state index in [1.165, 1.54) is 0 Å². The van der Waals surface area contributed by atoms with Crippen LogP contribution in [0.5, 0.6) is 0 Å². The van der Waals surface area contributed by atoms with E-state index in [4.69, 9.17) is 4.52 Å². The number of aryl methyl sites for hydroxylation is 4. The number of hydrogen-bond donors (Lipinski definition) is 1. The van der Waals surface area contributed by atoms with Gasteiger partial charge in [-0.2, -0.15) is 0 Å². The molecule has 1 amide bonds. The molecule has 8 nitrogen and oxygen atoms in total. The van der Waals surface area contributed by atoms with Crippen LogP contribution in [0, 0.1) is 27.7 Å². The third-order valence-electron chi connectivity index (χ3n) is 5.73. The molecule has 0 aliphatic carbocycles. The van der Waals surface area contributed by atoms with Crippen LogP contribution in [0.3, 0.4) is 0 Å². The normalized spacial score (nSPS) is 16.4. The van der Waals surface area contributed by atoms with E-state index in [1.54, 1.807) is 6.20 Å². The molecule has 31 heavy (non-hydrogen) atoms. The first-order valence-electron chi connectivity index (χ1n) is 10.6. The first-order valence-corrected chi connectivity index (χ1v) is 10.6. The highest BCUT2D eigenvalue weighted by Crippen LogP contribution is 2.27. The van der Waals surface area contributed by atoms with Crippen LogP contribution < -0.4 is 5.32 Å². The molecule has 0 unspecified atom stereocenters. The van der Waals surface area contributed by atoms with Crippen molar-refractivity contribution in [2.24, 2.45) is 0 Å². The fourth-order valence-corrected chi connectivity index (χ4v) is 4.09. The van der Waals surface area contributed by atoms with E-state index in [-0.39, 0.29) is 11.8 Å². The lowest BCUT2D eigenvalue weighted by Crippen LogP contribution is -2.40. The van der Waals surface area contributed by atoms with Crippen LogP contribution in [-0.4, -0.2) is 44.0 Å². The maximum atomic E-state index is 12.9. The standard InChI is InChI=1S/C23H28N6O2/c1-14-10-15(2)26-23(25-14)27-19-7-8-21(24-12-19)18-6-5-9-29(13-18)22(30)11-20-16(3)28-31-17(20)4/h7-8,10,12,18H,5-6,9,11,13H2,1-4H3,(H,25,26,27)/t18-/m0/s1. The summed E-state index contributed by atoms with van der Waals surface area (Å²) in [5.41, 5.74) is 5.37. The summed E-state index contributed by atoms with van der Waals surface area (Å²) in [5, 5.41) is 7.17. The van der Waals surface area contributed by atoms with E-state index in [1.807, 2.05) is 50.8 Å². The third-order valence-corrected chi connectivity index (χ3v) is 5.73.